The van der Waals surface area contributed by atoms with Crippen LogP contribution in [0.4, 0.5) is 0 Å². The van der Waals surface area contributed by atoms with Gasteiger partial charge in [-0.3, -0.25) is 4.79 Å². The van der Waals surface area contributed by atoms with Crippen molar-refractivity contribution in [2.45, 2.75) is 6.92 Å². The first kappa shape index (κ1) is 8.32. The number of rotatable bonds is 0. The summed E-state index contributed by atoms with van der Waals surface area (Å²) in [5, 5.41) is 1.07. The van der Waals surface area contributed by atoms with E-state index in [1.165, 1.54) is 6.07 Å². The summed E-state index contributed by atoms with van der Waals surface area (Å²) in [7, 11) is 0. The number of hydrogen-bond acceptors (Lipinski definition) is 1. The largest absolute Gasteiger partial charge is 0.345 e. The van der Waals surface area contributed by atoms with Gasteiger partial charge >= 0.3 is 0 Å². The van der Waals surface area contributed by atoms with Gasteiger partial charge in [0.05, 0.1) is 5.52 Å². The van der Waals surface area contributed by atoms with E-state index in [4.69, 9.17) is 11.6 Å². The van der Waals surface area contributed by atoms with Gasteiger partial charge in [-0.25, -0.2) is 0 Å². The van der Waals surface area contributed by atoms with Crippen molar-refractivity contribution >= 4 is 22.5 Å². The number of aryl methyl sites for hydroxylation is 1. The predicted molar refractivity (Wildman–Crippen MR) is 54.3 cm³/mol. The lowest BCUT2D eigenvalue weighted by Gasteiger charge is -2.01. The second-order valence-corrected chi connectivity index (χ2v) is 3.39. The smallest absolute Gasteiger partial charge is 0.190 e. The number of benzene rings is 1. The second kappa shape index (κ2) is 2.89. The minimum absolute atomic E-state index is 0.0394. The van der Waals surface area contributed by atoms with E-state index in [0.29, 0.717) is 10.5 Å². The molecule has 1 aromatic carbocycles. The summed E-state index contributed by atoms with van der Waals surface area (Å²) >= 11 is 5.74. The van der Waals surface area contributed by atoms with E-state index in [0.717, 1.165) is 11.1 Å². The fraction of sp³-hybridized carbons (Fsp3) is 0.100. The Morgan fingerprint density at radius 3 is 2.92 bits per heavy atom. The number of para-hydroxylation sites is 1. The molecule has 0 radical (unpaired) electrons. The summed E-state index contributed by atoms with van der Waals surface area (Å²) in [6.07, 6.45) is 0. The number of hydrogen-bond donors (Lipinski definition) is 1. The monoisotopic (exact) mass is 193 g/mol. The molecule has 0 saturated heterocycles. The molecule has 0 saturated carbocycles. The Balaban J connectivity index is 3.03. The quantitative estimate of drug-likeness (QED) is 0.641. The number of halogens is 1. The molecule has 3 heteroatoms. The molecule has 2 nitrogen and oxygen atoms in total. The summed E-state index contributed by atoms with van der Waals surface area (Å²) in [6, 6.07) is 6.98. The predicted octanol–water partition coefficient (Wildman–Crippen LogP) is 2.49. The Labute approximate surface area is 80.2 Å². The van der Waals surface area contributed by atoms with Crippen LogP contribution in [0.5, 0.6) is 0 Å². The molecule has 0 amide bonds. The lowest BCUT2D eigenvalue weighted by Crippen LogP contribution is -2.01. The summed E-state index contributed by atoms with van der Waals surface area (Å²) < 4.78 is 0. The van der Waals surface area contributed by atoms with Crippen molar-refractivity contribution in [1.82, 2.24) is 4.98 Å². The van der Waals surface area contributed by atoms with E-state index in [1.54, 1.807) is 6.07 Å². The summed E-state index contributed by atoms with van der Waals surface area (Å²) in [5.74, 6) is 0. The van der Waals surface area contributed by atoms with E-state index < -0.39 is 0 Å². The van der Waals surface area contributed by atoms with E-state index in [2.05, 4.69) is 4.98 Å². The van der Waals surface area contributed by atoms with E-state index in [9.17, 15) is 4.79 Å². The Hall–Kier alpha value is -1.28. The minimum Gasteiger partial charge on any atom is -0.345 e. The molecule has 0 unspecified atom stereocenters. The van der Waals surface area contributed by atoms with E-state index in [-0.39, 0.29) is 5.43 Å². The maximum Gasteiger partial charge on any atom is 0.190 e. The van der Waals surface area contributed by atoms with Crippen LogP contribution in [0.15, 0.2) is 29.1 Å². The maximum absolute atomic E-state index is 11.4. The van der Waals surface area contributed by atoms with Crippen LogP contribution in [0.1, 0.15) is 5.56 Å². The van der Waals surface area contributed by atoms with Crippen molar-refractivity contribution in [2.75, 3.05) is 0 Å². The van der Waals surface area contributed by atoms with Gasteiger partial charge in [0.2, 0.25) is 0 Å². The maximum atomic E-state index is 11.4. The van der Waals surface area contributed by atoms with Crippen molar-refractivity contribution in [2.24, 2.45) is 0 Å². The Morgan fingerprint density at radius 1 is 1.38 bits per heavy atom. The topological polar surface area (TPSA) is 32.9 Å². The molecule has 66 valence electrons. The molecule has 2 rings (SSSR count). The van der Waals surface area contributed by atoms with Crippen molar-refractivity contribution in [3.05, 3.63) is 45.2 Å². The van der Waals surface area contributed by atoms with Crippen LogP contribution in [0.25, 0.3) is 10.9 Å². The van der Waals surface area contributed by atoms with Crippen LogP contribution in [-0.2, 0) is 0 Å². The molecule has 0 spiro atoms. The molecule has 13 heavy (non-hydrogen) atoms. The lowest BCUT2D eigenvalue weighted by molar-refractivity contribution is 1.35. The normalized spacial score (nSPS) is 10.6. The highest BCUT2D eigenvalue weighted by Crippen LogP contribution is 2.14. The molecule has 0 aliphatic rings. The Morgan fingerprint density at radius 2 is 2.15 bits per heavy atom. The number of H-pyrrole nitrogens is 1. The second-order valence-electron chi connectivity index (χ2n) is 2.98. The zero-order valence-electron chi connectivity index (χ0n) is 7.10. The first-order valence-electron chi connectivity index (χ1n) is 3.96. The number of aromatic nitrogens is 1. The zero-order chi connectivity index (χ0) is 9.42. The minimum atomic E-state index is -0.0394. The third-order valence-corrected chi connectivity index (χ3v) is 2.24. The molecule has 0 bridgehead atoms. The number of fused-ring (bicyclic) bond motifs is 1. The lowest BCUT2D eigenvalue weighted by atomic mass is 10.1. The third kappa shape index (κ3) is 1.33. The Bertz CT molecular complexity index is 516. The average Bonchev–Trinajstić information content (AvgIpc) is 2.07. The van der Waals surface area contributed by atoms with Gasteiger partial charge in [-0.1, -0.05) is 23.7 Å². The molecule has 1 aromatic heterocycles. The standard InChI is InChI=1S/C10H8ClNO/c1-6-3-2-4-7-8(13)5-9(11)12-10(6)7/h2-5H,1H3,(H,12,13). The van der Waals surface area contributed by atoms with Gasteiger partial charge in [0.1, 0.15) is 5.15 Å². The summed E-state index contributed by atoms with van der Waals surface area (Å²) in [5.41, 5.74) is 1.81. The van der Waals surface area contributed by atoms with Crippen molar-refractivity contribution in [3.63, 3.8) is 0 Å². The fourth-order valence-electron chi connectivity index (χ4n) is 1.39. The first-order chi connectivity index (χ1) is 6.18. The highest BCUT2D eigenvalue weighted by Gasteiger charge is 2.01. The SMILES string of the molecule is Cc1cccc2c(=O)cc(Cl)[nH]c12. The van der Waals surface area contributed by atoms with Gasteiger partial charge in [-0.05, 0) is 18.6 Å². The van der Waals surface area contributed by atoms with Crippen molar-refractivity contribution in [1.29, 1.82) is 0 Å². The Kier molecular flexibility index (Phi) is 1.85. The van der Waals surface area contributed by atoms with Crippen molar-refractivity contribution < 1.29 is 0 Å². The van der Waals surface area contributed by atoms with E-state index >= 15 is 0 Å². The third-order valence-electron chi connectivity index (χ3n) is 2.04. The van der Waals surface area contributed by atoms with Gasteiger partial charge < -0.3 is 4.98 Å². The molecule has 0 aliphatic carbocycles. The van der Waals surface area contributed by atoms with E-state index in [1.807, 2.05) is 19.1 Å². The van der Waals surface area contributed by atoms with Crippen LogP contribution in [0.2, 0.25) is 5.15 Å². The highest BCUT2D eigenvalue weighted by atomic mass is 35.5. The molecule has 0 fully saturated rings. The molecule has 1 N–H and O–H groups in total. The van der Waals surface area contributed by atoms with Gasteiger partial charge in [0.15, 0.2) is 5.43 Å². The summed E-state index contributed by atoms with van der Waals surface area (Å²) in [6.45, 7) is 1.94. The van der Waals surface area contributed by atoms with Crippen molar-refractivity contribution in [3.8, 4) is 0 Å². The molecule has 2 aromatic rings. The van der Waals surface area contributed by atoms with Crippen LogP contribution >= 0.6 is 11.6 Å². The van der Waals surface area contributed by atoms with Gasteiger partial charge in [-0.2, -0.15) is 0 Å². The molecular formula is C10H8ClNO. The zero-order valence-corrected chi connectivity index (χ0v) is 7.85. The number of pyridine rings is 1. The molecule has 1 heterocycles. The molecule has 0 atom stereocenters. The highest BCUT2D eigenvalue weighted by molar-refractivity contribution is 6.29. The fourth-order valence-corrected chi connectivity index (χ4v) is 1.58. The van der Waals surface area contributed by atoms with Crippen LogP contribution in [0, 0.1) is 6.92 Å². The summed E-state index contributed by atoms with van der Waals surface area (Å²) in [4.78, 5) is 14.4. The van der Waals surface area contributed by atoms with Gasteiger partial charge in [-0.15, -0.1) is 0 Å². The van der Waals surface area contributed by atoms with Gasteiger partial charge in [0, 0.05) is 11.5 Å². The number of nitrogens with one attached hydrogen (secondary N) is 1. The first-order valence-corrected chi connectivity index (χ1v) is 4.34. The molecule has 0 aliphatic heterocycles. The molecular weight excluding hydrogens is 186 g/mol. The van der Waals surface area contributed by atoms with Gasteiger partial charge in [0.25, 0.3) is 0 Å². The van der Waals surface area contributed by atoms with Crippen LogP contribution in [-0.4, -0.2) is 4.98 Å². The number of aromatic amines is 1. The average molecular weight is 194 g/mol. The van der Waals surface area contributed by atoms with Crippen LogP contribution < -0.4 is 5.43 Å². The van der Waals surface area contributed by atoms with Crippen LogP contribution in [0.3, 0.4) is 0 Å².